The van der Waals surface area contributed by atoms with Crippen molar-refractivity contribution in [2.24, 2.45) is 0 Å². The molecule has 0 aliphatic heterocycles. The van der Waals surface area contributed by atoms with Gasteiger partial charge in [0.1, 0.15) is 17.9 Å². The van der Waals surface area contributed by atoms with Gasteiger partial charge in [0.2, 0.25) is 6.04 Å². The molecular weight excluding hydrogens is 402 g/mol. The van der Waals surface area contributed by atoms with E-state index in [-0.39, 0.29) is 25.6 Å². The number of hydrogen-bond acceptors (Lipinski definition) is 7. The molecule has 0 radical (unpaired) electrons. The number of nitrogens with one attached hydrogen (secondary N) is 1. The zero-order valence-electron chi connectivity index (χ0n) is 17.3. The fourth-order valence-corrected chi connectivity index (χ4v) is 2.96. The minimum absolute atomic E-state index is 0.0470. The van der Waals surface area contributed by atoms with Crippen LogP contribution in [0.15, 0.2) is 59.0 Å². The summed E-state index contributed by atoms with van der Waals surface area (Å²) in [6.07, 6.45) is 0. The van der Waals surface area contributed by atoms with Crippen LogP contribution in [0.25, 0.3) is 11.0 Å². The molecule has 1 amide bonds. The normalized spacial score (nSPS) is 10.7. The van der Waals surface area contributed by atoms with E-state index in [1.165, 1.54) is 0 Å². The van der Waals surface area contributed by atoms with Crippen molar-refractivity contribution < 1.29 is 33.0 Å². The third-order valence-corrected chi connectivity index (χ3v) is 4.35. The molecule has 0 aliphatic rings. The van der Waals surface area contributed by atoms with Crippen LogP contribution in [0, 0.1) is 0 Å². The number of hydrogen-bond donors (Lipinski definition) is 1. The molecule has 1 heterocycles. The van der Waals surface area contributed by atoms with E-state index in [2.05, 4.69) is 5.32 Å². The van der Waals surface area contributed by atoms with Crippen LogP contribution in [-0.2, 0) is 25.7 Å². The number of furan rings is 1. The molecule has 1 N–H and O–H groups in total. The summed E-state index contributed by atoms with van der Waals surface area (Å²) in [6, 6.07) is 14.6. The predicted octanol–water partition coefficient (Wildman–Crippen LogP) is 3.24. The number of ether oxygens (including phenoxy) is 3. The van der Waals surface area contributed by atoms with E-state index in [1.54, 1.807) is 44.2 Å². The molecule has 3 aromatic rings. The van der Waals surface area contributed by atoms with Gasteiger partial charge in [-0.2, -0.15) is 0 Å². The molecule has 31 heavy (non-hydrogen) atoms. The lowest BCUT2D eigenvalue weighted by Gasteiger charge is -2.15. The van der Waals surface area contributed by atoms with E-state index in [0.29, 0.717) is 22.3 Å². The standard InChI is InChI=1S/C23H23NO7/c1-3-28-22(26)19(23(27)29-4-2)24-21(25)20-17(14-30-15-10-6-5-7-11-15)16-12-8-9-13-18(16)31-20/h5-13,19H,3-4,14H2,1-2H3,(H,24,25). The Hall–Kier alpha value is -3.81. The van der Waals surface area contributed by atoms with Gasteiger partial charge < -0.3 is 23.9 Å². The fraction of sp³-hybridized carbons (Fsp3) is 0.261. The molecule has 0 bridgehead atoms. The lowest BCUT2D eigenvalue weighted by Crippen LogP contribution is -2.48. The second-order valence-electron chi connectivity index (χ2n) is 6.42. The highest BCUT2D eigenvalue weighted by Crippen LogP contribution is 2.27. The number of esters is 2. The summed E-state index contributed by atoms with van der Waals surface area (Å²) in [5, 5.41) is 3.05. The fourth-order valence-electron chi connectivity index (χ4n) is 2.96. The lowest BCUT2D eigenvalue weighted by molar-refractivity contribution is -0.157. The van der Waals surface area contributed by atoms with Crippen LogP contribution in [0.5, 0.6) is 5.75 Å². The van der Waals surface area contributed by atoms with Gasteiger partial charge in [-0.15, -0.1) is 0 Å². The summed E-state index contributed by atoms with van der Waals surface area (Å²) in [5.74, 6) is -2.01. The second kappa shape index (κ2) is 10.3. The maximum atomic E-state index is 13.0. The van der Waals surface area contributed by atoms with Crippen LogP contribution in [0.4, 0.5) is 0 Å². The minimum atomic E-state index is -1.61. The summed E-state index contributed by atoms with van der Waals surface area (Å²) in [6.45, 7) is 3.34. The quantitative estimate of drug-likeness (QED) is 0.415. The Bertz CT molecular complexity index is 1040. The Morgan fingerprint density at radius 3 is 2.16 bits per heavy atom. The average Bonchev–Trinajstić information content (AvgIpc) is 3.15. The van der Waals surface area contributed by atoms with Crippen LogP contribution in [-0.4, -0.2) is 37.1 Å². The summed E-state index contributed by atoms with van der Waals surface area (Å²) in [4.78, 5) is 37.4. The molecule has 0 saturated heterocycles. The van der Waals surface area contributed by atoms with Crippen LogP contribution >= 0.6 is 0 Å². The van der Waals surface area contributed by atoms with Gasteiger partial charge in [0.25, 0.3) is 5.91 Å². The molecule has 8 heteroatoms. The van der Waals surface area contributed by atoms with Crippen molar-refractivity contribution in [3.63, 3.8) is 0 Å². The Kier molecular flexibility index (Phi) is 7.26. The molecule has 1 aromatic heterocycles. The maximum Gasteiger partial charge on any atom is 0.340 e. The summed E-state index contributed by atoms with van der Waals surface area (Å²) in [7, 11) is 0. The van der Waals surface area contributed by atoms with Gasteiger partial charge in [0.15, 0.2) is 5.76 Å². The number of benzene rings is 2. The van der Waals surface area contributed by atoms with Crippen molar-refractivity contribution in [1.29, 1.82) is 0 Å². The molecular formula is C23H23NO7. The summed E-state index contributed by atoms with van der Waals surface area (Å²) < 4.78 is 21.3. The minimum Gasteiger partial charge on any atom is -0.489 e. The van der Waals surface area contributed by atoms with Crippen LogP contribution in [0.3, 0.4) is 0 Å². The number of amides is 1. The summed E-state index contributed by atoms with van der Waals surface area (Å²) in [5.41, 5.74) is 0.964. The molecule has 0 unspecified atom stereocenters. The highest BCUT2D eigenvalue weighted by Gasteiger charge is 2.33. The van der Waals surface area contributed by atoms with E-state index >= 15 is 0 Å². The molecule has 0 fully saturated rings. The number of carbonyl (C=O) groups is 3. The van der Waals surface area contributed by atoms with E-state index in [1.807, 2.05) is 24.3 Å². The topological polar surface area (TPSA) is 104 Å². The Morgan fingerprint density at radius 1 is 0.903 bits per heavy atom. The Balaban J connectivity index is 1.89. The van der Waals surface area contributed by atoms with Crippen molar-refractivity contribution in [3.8, 4) is 5.75 Å². The lowest BCUT2D eigenvalue weighted by atomic mass is 10.1. The summed E-state index contributed by atoms with van der Waals surface area (Å²) >= 11 is 0. The van der Waals surface area contributed by atoms with Crippen molar-refractivity contribution >= 4 is 28.8 Å². The highest BCUT2D eigenvalue weighted by atomic mass is 16.6. The first-order valence-corrected chi connectivity index (χ1v) is 9.87. The molecule has 2 aromatic carbocycles. The van der Waals surface area contributed by atoms with Gasteiger partial charge in [0, 0.05) is 10.9 Å². The van der Waals surface area contributed by atoms with Crippen LogP contribution < -0.4 is 10.1 Å². The zero-order valence-corrected chi connectivity index (χ0v) is 17.3. The van der Waals surface area contributed by atoms with Crippen molar-refractivity contribution in [1.82, 2.24) is 5.32 Å². The number of rotatable bonds is 9. The predicted molar refractivity (Wildman–Crippen MR) is 112 cm³/mol. The molecule has 8 nitrogen and oxygen atoms in total. The smallest absolute Gasteiger partial charge is 0.340 e. The SMILES string of the molecule is CCOC(=O)C(NC(=O)c1oc2ccccc2c1COc1ccccc1)C(=O)OCC. The van der Waals surface area contributed by atoms with Gasteiger partial charge in [-0.3, -0.25) is 4.79 Å². The first-order chi connectivity index (χ1) is 15.0. The highest BCUT2D eigenvalue weighted by molar-refractivity contribution is 6.06. The molecule has 0 aliphatic carbocycles. The Morgan fingerprint density at radius 2 is 1.52 bits per heavy atom. The van der Waals surface area contributed by atoms with Gasteiger partial charge in [-0.25, -0.2) is 9.59 Å². The second-order valence-corrected chi connectivity index (χ2v) is 6.42. The molecule has 0 atom stereocenters. The zero-order chi connectivity index (χ0) is 22.2. The molecule has 0 spiro atoms. The van der Waals surface area contributed by atoms with Crippen LogP contribution in [0.2, 0.25) is 0 Å². The third-order valence-electron chi connectivity index (χ3n) is 4.35. The molecule has 0 saturated carbocycles. The first-order valence-electron chi connectivity index (χ1n) is 9.87. The number of para-hydroxylation sites is 2. The van der Waals surface area contributed by atoms with E-state index in [4.69, 9.17) is 18.6 Å². The van der Waals surface area contributed by atoms with E-state index < -0.39 is 23.9 Å². The van der Waals surface area contributed by atoms with Gasteiger partial charge in [-0.1, -0.05) is 36.4 Å². The van der Waals surface area contributed by atoms with E-state index in [9.17, 15) is 14.4 Å². The number of carbonyl (C=O) groups excluding carboxylic acids is 3. The molecule has 3 rings (SSSR count). The largest absolute Gasteiger partial charge is 0.489 e. The van der Waals surface area contributed by atoms with Crippen molar-refractivity contribution in [2.75, 3.05) is 13.2 Å². The first kappa shape index (κ1) is 21.9. The maximum absolute atomic E-state index is 13.0. The van der Waals surface area contributed by atoms with Gasteiger partial charge in [-0.05, 0) is 32.0 Å². The molecule has 162 valence electrons. The van der Waals surface area contributed by atoms with Crippen LogP contribution in [0.1, 0.15) is 30.0 Å². The van der Waals surface area contributed by atoms with Gasteiger partial charge >= 0.3 is 11.9 Å². The van der Waals surface area contributed by atoms with Gasteiger partial charge in [0.05, 0.1) is 13.2 Å². The average molecular weight is 425 g/mol. The monoisotopic (exact) mass is 425 g/mol. The van der Waals surface area contributed by atoms with Crippen molar-refractivity contribution in [3.05, 3.63) is 65.9 Å². The third kappa shape index (κ3) is 5.22. The van der Waals surface area contributed by atoms with Crippen molar-refractivity contribution in [2.45, 2.75) is 26.5 Å². The number of fused-ring (bicyclic) bond motifs is 1. The van der Waals surface area contributed by atoms with E-state index in [0.717, 1.165) is 0 Å². The Labute approximate surface area is 179 Å².